The first kappa shape index (κ1) is 4.56. The molecule has 2 aromatic heterocycles. The van der Waals surface area contributed by atoms with Crippen LogP contribution in [0.1, 0.15) is 0 Å². The van der Waals surface area contributed by atoms with Crippen LogP contribution < -0.4 is 0 Å². The van der Waals surface area contributed by atoms with Crippen LogP contribution in [0, 0.1) is 6.20 Å². The maximum Gasteiger partial charge on any atom is 0.152 e. The van der Waals surface area contributed by atoms with Gasteiger partial charge in [-0.15, -0.1) is 0 Å². The fourth-order valence-electron chi connectivity index (χ4n) is 0.751. The summed E-state index contributed by atoms with van der Waals surface area (Å²) in [5, 5.41) is 0. The molecule has 2 aromatic rings. The van der Waals surface area contributed by atoms with Crippen LogP contribution in [-0.4, -0.2) is 4.98 Å². The van der Waals surface area contributed by atoms with Gasteiger partial charge in [-0.25, -0.2) is 4.98 Å². The largest absolute Gasteiger partial charge is 0.463 e. The van der Waals surface area contributed by atoms with E-state index in [-0.39, 0.29) is 0 Å². The molecule has 0 N–H and O–H groups in total. The maximum absolute atomic E-state index is 5.04. The predicted octanol–water partition coefficient (Wildman–Crippen LogP) is 1.63. The molecule has 9 heavy (non-hydrogen) atoms. The molecule has 2 heteroatoms. The van der Waals surface area contributed by atoms with Gasteiger partial charge in [-0.3, -0.25) is 0 Å². The first-order valence-electron chi connectivity index (χ1n) is 2.67. The molecule has 0 spiro atoms. The van der Waals surface area contributed by atoms with Crippen molar-refractivity contribution in [3.05, 3.63) is 30.7 Å². The molecule has 2 nitrogen and oxygen atoms in total. The Bertz CT molecular complexity index is 283. The van der Waals surface area contributed by atoms with Crippen molar-refractivity contribution in [1.29, 1.82) is 0 Å². The van der Waals surface area contributed by atoms with Gasteiger partial charge in [-0.05, 0) is 12.1 Å². The molecule has 0 aliphatic heterocycles. The van der Waals surface area contributed by atoms with Crippen molar-refractivity contribution in [1.82, 2.24) is 4.98 Å². The lowest BCUT2D eigenvalue weighted by atomic mass is 10.4. The minimum Gasteiger partial charge on any atom is -0.463 e. The fourth-order valence-corrected chi connectivity index (χ4v) is 0.751. The highest BCUT2D eigenvalue weighted by atomic mass is 16.3. The second-order valence-electron chi connectivity index (χ2n) is 1.74. The zero-order chi connectivity index (χ0) is 6.10. The number of pyridine rings is 1. The molecule has 0 unspecified atom stereocenters. The first-order chi connectivity index (χ1) is 4.47. The molecule has 0 aromatic carbocycles. The Morgan fingerprint density at radius 2 is 2.44 bits per heavy atom. The van der Waals surface area contributed by atoms with Crippen LogP contribution in [-0.2, 0) is 0 Å². The lowest BCUT2D eigenvalue weighted by molar-refractivity contribution is 0.615. The number of hydrogen-bond acceptors (Lipinski definition) is 2. The second-order valence-corrected chi connectivity index (χ2v) is 1.74. The Hall–Kier alpha value is -1.31. The monoisotopic (exact) mass is 118 g/mol. The summed E-state index contributed by atoms with van der Waals surface area (Å²) in [5.41, 5.74) is 1.67. The molecule has 0 aliphatic carbocycles. The number of hydrogen-bond donors (Lipinski definition) is 0. The van der Waals surface area contributed by atoms with Crippen molar-refractivity contribution in [3.8, 4) is 0 Å². The van der Waals surface area contributed by atoms with Crippen molar-refractivity contribution in [2.45, 2.75) is 0 Å². The van der Waals surface area contributed by atoms with E-state index >= 15 is 0 Å². The fraction of sp³-hybridized carbons (Fsp3) is 0. The van der Waals surface area contributed by atoms with Crippen LogP contribution in [0.15, 0.2) is 28.9 Å². The minimum absolute atomic E-state index is 0.814. The summed E-state index contributed by atoms with van der Waals surface area (Å²) < 4.78 is 5.04. The molecule has 43 valence electrons. The van der Waals surface area contributed by atoms with Gasteiger partial charge in [0.1, 0.15) is 5.52 Å². The van der Waals surface area contributed by atoms with Gasteiger partial charge in [0, 0.05) is 6.07 Å². The van der Waals surface area contributed by atoms with E-state index in [1.54, 1.807) is 12.3 Å². The number of aromatic nitrogens is 1. The van der Waals surface area contributed by atoms with E-state index in [0.29, 0.717) is 0 Å². The van der Waals surface area contributed by atoms with Gasteiger partial charge in [0.15, 0.2) is 5.58 Å². The molecule has 0 aliphatic rings. The molecular weight excluding hydrogens is 114 g/mol. The predicted molar refractivity (Wildman–Crippen MR) is 32.8 cm³/mol. The van der Waals surface area contributed by atoms with Gasteiger partial charge in [0.25, 0.3) is 0 Å². The SMILES string of the molecule is [c]1ccc2occc2n1. The van der Waals surface area contributed by atoms with E-state index in [0.717, 1.165) is 11.1 Å². The summed E-state index contributed by atoms with van der Waals surface area (Å²) in [5.74, 6) is 0. The summed E-state index contributed by atoms with van der Waals surface area (Å²) in [7, 11) is 0. The van der Waals surface area contributed by atoms with Crippen LogP contribution >= 0.6 is 0 Å². The van der Waals surface area contributed by atoms with E-state index in [9.17, 15) is 0 Å². The summed E-state index contributed by atoms with van der Waals surface area (Å²) in [6.45, 7) is 0. The lowest BCUT2D eigenvalue weighted by Crippen LogP contribution is -1.67. The first-order valence-corrected chi connectivity index (χ1v) is 2.67. The molecule has 2 rings (SSSR count). The Morgan fingerprint density at radius 3 is 3.33 bits per heavy atom. The van der Waals surface area contributed by atoms with Crippen LogP contribution in [0.3, 0.4) is 0 Å². The van der Waals surface area contributed by atoms with Crippen molar-refractivity contribution in [3.63, 3.8) is 0 Å². The van der Waals surface area contributed by atoms with E-state index in [2.05, 4.69) is 11.2 Å². The highest BCUT2D eigenvalue weighted by Crippen LogP contribution is 2.09. The van der Waals surface area contributed by atoms with Crippen LogP contribution in [0.4, 0.5) is 0 Å². The molecule has 0 atom stereocenters. The summed E-state index contributed by atoms with van der Waals surface area (Å²) in [6.07, 6.45) is 4.33. The zero-order valence-corrected chi connectivity index (χ0v) is 4.66. The van der Waals surface area contributed by atoms with Crippen LogP contribution in [0.5, 0.6) is 0 Å². The zero-order valence-electron chi connectivity index (χ0n) is 4.66. The molecule has 0 bridgehead atoms. The smallest absolute Gasteiger partial charge is 0.152 e. The van der Waals surface area contributed by atoms with Gasteiger partial charge < -0.3 is 4.42 Å². The number of fused-ring (bicyclic) bond motifs is 1. The third-order valence-corrected chi connectivity index (χ3v) is 1.17. The van der Waals surface area contributed by atoms with Crippen molar-refractivity contribution >= 4 is 11.1 Å². The Labute approximate surface area is 52.1 Å². The van der Waals surface area contributed by atoms with E-state index < -0.39 is 0 Å². The maximum atomic E-state index is 5.04. The summed E-state index contributed by atoms with van der Waals surface area (Å²) in [4.78, 5) is 3.92. The van der Waals surface area contributed by atoms with Gasteiger partial charge >= 0.3 is 0 Å². The summed E-state index contributed by atoms with van der Waals surface area (Å²) >= 11 is 0. The number of furan rings is 1. The molecule has 0 fully saturated rings. The second kappa shape index (κ2) is 1.58. The number of nitrogens with zero attached hydrogens (tertiary/aromatic N) is 1. The standard InChI is InChI=1S/C7H4NO/c1-2-7-6(8-4-1)3-5-9-7/h1-3,5H. The topological polar surface area (TPSA) is 26.0 Å². The van der Waals surface area contributed by atoms with Crippen molar-refractivity contribution in [2.75, 3.05) is 0 Å². The Balaban J connectivity index is 2.95. The Kier molecular flexibility index (Phi) is 0.803. The number of rotatable bonds is 0. The minimum atomic E-state index is 0.814. The van der Waals surface area contributed by atoms with Crippen LogP contribution in [0.2, 0.25) is 0 Å². The average Bonchev–Trinajstić information content (AvgIpc) is 2.33. The normalized spacial score (nSPS) is 10.2. The third kappa shape index (κ3) is 0.598. The van der Waals surface area contributed by atoms with E-state index in [1.807, 2.05) is 12.1 Å². The van der Waals surface area contributed by atoms with Crippen molar-refractivity contribution < 1.29 is 4.42 Å². The highest BCUT2D eigenvalue weighted by molar-refractivity contribution is 5.71. The van der Waals surface area contributed by atoms with Crippen LogP contribution in [0.25, 0.3) is 11.1 Å². The van der Waals surface area contributed by atoms with Gasteiger partial charge in [-0.2, -0.15) is 0 Å². The van der Waals surface area contributed by atoms with Gasteiger partial charge in [0.05, 0.1) is 12.5 Å². The van der Waals surface area contributed by atoms with Gasteiger partial charge in [0.2, 0.25) is 0 Å². The Morgan fingerprint density at radius 1 is 1.44 bits per heavy atom. The van der Waals surface area contributed by atoms with Crippen molar-refractivity contribution in [2.24, 2.45) is 0 Å². The molecule has 0 saturated heterocycles. The van der Waals surface area contributed by atoms with E-state index in [4.69, 9.17) is 4.42 Å². The molecule has 0 saturated carbocycles. The molecular formula is C7H4NO. The molecule has 1 radical (unpaired) electrons. The lowest BCUT2D eigenvalue weighted by Gasteiger charge is -1.80. The third-order valence-electron chi connectivity index (χ3n) is 1.17. The van der Waals surface area contributed by atoms with Gasteiger partial charge in [-0.1, -0.05) is 0 Å². The molecule has 0 amide bonds. The molecule has 2 heterocycles. The quantitative estimate of drug-likeness (QED) is 0.525. The highest BCUT2D eigenvalue weighted by Gasteiger charge is 1.91. The summed E-state index contributed by atoms with van der Waals surface area (Å²) in [6, 6.07) is 5.38. The van der Waals surface area contributed by atoms with E-state index in [1.165, 1.54) is 0 Å². The average molecular weight is 118 g/mol.